The lowest BCUT2D eigenvalue weighted by molar-refractivity contribution is 0.751. The van der Waals surface area contributed by atoms with Gasteiger partial charge in [-0.2, -0.15) is 4.98 Å². The summed E-state index contributed by atoms with van der Waals surface area (Å²) >= 11 is 1.55. The summed E-state index contributed by atoms with van der Waals surface area (Å²) in [4.78, 5) is 42.7. The van der Waals surface area contributed by atoms with Crippen molar-refractivity contribution in [3.63, 3.8) is 0 Å². The Balaban J connectivity index is 1.70. The minimum Gasteiger partial charge on any atom is -0.342 e. The molecular formula is C18H23N7O2S. The molecule has 3 aromatic heterocycles. The van der Waals surface area contributed by atoms with E-state index in [1.165, 1.54) is 4.57 Å². The van der Waals surface area contributed by atoms with Gasteiger partial charge in [-0.15, -0.1) is 0 Å². The molecule has 10 heteroatoms. The number of rotatable bonds is 5. The van der Waals surface area contributed by atoms with Crippen molar-refractivity contribution in [1.82, 2.24) is 29.1 Å². The van der Waals surface area contributed by atoms with E-state index in [9.17, 15) is 9.59 Å². The lowest BCUT2D eigenvalue weighted by Gasteiger charge is -2.18. The van der Waals surface area contributed by atoms with E-state index in [1.807, 2.05) is 24.5 Å². The quantitative estimate of drug-likeness (QED) is 0.507. The van der Waals surface area contributed by atoms with Crippen LogP contribution in [0.5, 0.6) is 0 Å². The van der Waals surface area contributed by atoms with E-state index >= 15 is 0 Å². The minimum atomic E-state index is -0.451. The average Bonchev–Trinajstić information content (AvgIpc) is 3.27. The summed E-state index contributed by atoms with van der Waals surface area (Å²) < 4.78 is 3.32. The number of fused-ring (bicyclic) bond motifs is 1. The smallest absolute Gasteiger partial charge is 0.329 e. The molecule has 0 radical (unpaired) electrons. The molecule has 0 atom stereocenters. The number of hydrogen-bond acceptors (Lipinski definition) is 7. The summed E-state index contributed by atoms with van der Waals surface area (Å²) in [5, 5.41) is 0.728. The Morgan fingerprint density at radius 3 is 2.46 bits per heavy atom. The number of thioether (sulfide) groups is 1. The summed E-state index contributed by atoms with van der Waals surface area (Å²) in [5.74, 6) is 1.44. The lowest BCUT2D eigenvalue weighted by atomic mass is 10.4. The summed E-state index contributed by atoms with van der Waals surface area (Å²) in [6.45, 7) is 6.29. The molecule has 9 nitrogen and oxygen atoms in total. The Morgan fingerprint density at radius 1 is 1.11 bits per heavy atom. The lowest BCUT2D eigenvalue weighted by Crippen LogP contribution is -2.29. The minimum absolute atomic E-state index is 0.399. The first kappa shape index (κ1) is 18.7. The van der Waals surface area contributed by atoms with Gasteiger partial charge in [0.1, 0.15) is 0 Å². The number of H-pyrrole nitrogens is 1. The number of nitrogens with zero attached hydrogens (tertiary/aromatic N) is 6. The first-order valence-electron chi connectivity index (χ1n) is 9.33. The fraction of sp³-hybridized carbons (Fsp3) is 0.500. The van der Waals surface area contributed by atoms with Gasteiger partial charge < -0.3 is 9.47 Å². The molecule has 1 fully saturated rings. The van der Waals surface area contributed by atoms with Gasteiger partial charge in [-0.05, 0) is 32.8 Å². The number of anilines is 1. The molecule has 0 amide bonds. The highest BCUT2D eigenvalue weighted by Gasteiger charge is 2.23. The maximum Gasteiger partial charge on any atom is 0.329 e. The zero-order chi connectivity index (χ0) is 19.8. The van der Waals surface area contributed by atoms with Crippen LogP contribution in [0.1, 0.15) is 24.2 Å². The van der Waals surface area contributed by atoms with Gasteiger partial charge in [-0.1, -0.05) is 11.8 Å². The average molecular weight is 401 g/mol. The number of hydrogen-bond donors (Lipinski definition) is 1. The Hall–Kier alpha value is -2.62. The van der Waals surface area contributed by atoms with Gasteiger partial charge in [0.15, 0.2) is 16.3 Å². The molecule has 1 N–H and O–H groups in total. The molecule has 3 aromatic rings. The van der Waals surface area contributed by atoms with Crippen LogP contribution in [0.2, 0.25) is 0 Å². The Bertz CT molecular complexity index is 1120. The SMILES string of the molecule is Cc1cc(C)nc(SCCn2c(N3CCCC3)nc3c2c(=O)[nH]c(=O)n3C)n1. The highest BCUT2D eigenvalue weighted by Crippen LogP contribution is 2.24. The third kappa shape index (κ3) is 3.44. The number of nitrogens with one attached hydrogen (secondary N) is 1. The van der Waals surface area contributed by atoms with Gasteiger partial charge in [-0.25, -0.2) is 14.8 Å². The summed E-state index contributed by atoms with van der Waals surface area (Å²) in [7, 11) is 1.63. The monoisotopic (exact) mass is 401 g/mol. The fourth-order valence-corrected chi connectivity index (χ4v) is 4.45. The first-order valence-corrected chi connectivity index (χ1v) is 10.3. The largest absolute Gasteiger partial charge is 0.342 e. The summed E-state index contributed by atoms with van der Waals surface area (Å²) in [6.07, 6.45) is 2.20. The van der Waals surface area contributed by atoms with Crippen molar-refractivity contribution in [1.29, 1.82) is 0 Å². The van der Waals surface area contributed by atoms with Gasteiger partial charge >= 0.3 is 5.69 Å². The van der Waals surface area contributed by atoms with E-state index in [0.717, 1.165) is 48.4 Å². The van der Waals surface area contributed by atoms with Crippen molar-refractivity contribution in [2.24, 2.45) is 7.05 Å². The van der Waals surface area contributed by atoms with E-state index in [4.69, 9.17) is 0 Å². The second-order valence-corrected chi connectivity index (χ2v) is 8.09. The number of aromatic amines is 1. The Morgan fingerprint density at radius 2 is 1.79 bits per heavy atom. The third-order valence-electron chi connectivity index (χ3n) is 4.88. The van der Waals surface area contributed by atoms with Gasteiger partial charge in [-0.3, -0.25) is 14.3 Å². The number of imidazole rings is 1. The second kappa shape index (κ2) is 7.42. The third-order valence-corrected chi connectivity index (χ3v) is 5.71. The van der Waals surface area contributed by atoms with Crippen LogP contribution in [-0.4, -0.2) is 47.9 Å². The molecule has 0 aromatic carbocycles. The molecule has 0 aliphatic carbocycles. The summed E-state index contributed by atoms with van der Waals surface area (Å²) in [6, 6.07) is 1.94. The second-order valence-electron chi connectivity index (χ2n) is 7.03. The van der Waals surface area contributed by atoms with Crippen molar-refractivity contribution in [3.8, 4) is 0 Å². The van der Waals surface area contributed by atoms with Crippen molar-refractivity contribution < 1.29 is 0 Å². The number of aryl methyl sites for hydroxylation is 4. The molecule has 148 valence electrons. The predicted molar refractivity (Wildman–Crippen MR) is 109 cm³/mol. The molecule has 0 spiro atoms. The van der Waals surface area contributed by atoms with E-state index in [-0.39, 0.29) is 0 Å². The van der Waals surface area contributed by atoms with Gasteiger partial charge in [0.25, 0.3) is 5.56 Å². The van der Waals surface area contributed by atoms with Crippen LogP contribution < -0.4 is 16.1 Å². The molecule has 0 saturated carbocycles. The topological polar surface area (TPSA) is 102 Å². The van der Waals surface area contributed by atoms with Crippen LogP contribution in [0.3, 0.4) is 0 Å². The number of aromatic nitrogens is 6. The fourth-order valence-electron chi connectivity index (χ4n) is 3.58. The van der Waals surface area contributed by atoms with Gasteiger partial charge in [0.2, 0.25) is 5.95 Å². The zero-order valence-electron chi connectivity index (χ0n) is 16.2. The molecule has 4 heterocycles. The Labute approximate surface area is 165 Å². The van der Waals surface area contributed by atoms with Gasteiger partial charge in [0.05, 0.1) is 0 Å². The standard InChI is InChI=1S/C18H23N7O2S/c1-11-10-12(2)20-16(19-11)28-9-8-25-13-14(23(3)18(27)22-15(13)26)21-17(25)24-6-4-5-7-24/h10H,4-9H2,1-3H3,(H,22,26,27). The molecule has 4 rings (SSSR count). The van der Waals surface area contributed by atoms with E-state index in [0.29, 0.717) is 23.5 Å². The van der Waals surface area contributed by atoms with Crippen LogP contribution in [-0.2, 0) is 13.6 Å². The van der Waals surface area contributed by atoms with Crippen LogP contribution in [0.25, 0.3) is 11.2 Å². The van der Waals surface area contributed by atoms with Crippen molar-refractivity contribution in [2.45, 2.75) is 38.4 Å². The molecule has 1 aliphatic heterocycles. The zero-order valence-corrected chi connectivity index (χ0v) is 17.0. The van der Waals surface area contributed by atoms with E-state index in [2.05, 4.69) is 24.8 Å². The molecule has 1 saturated heterocycles. The van der Waals surface area contributed by atoms with Crippen LogP contribution in [0.4, 0.5) is 5.95 Å². The molecule has 1 aliphatic rings. The maximum atomic E-state index is 12.5. The molecule has 28 heavy (non-hydrogen) atoms. The molecular weight excluding hydrogens is 378 g/mol. The maximum absolute atomic E-state index is 12.5. The van der Waals surface area contributed by atoms with E-state index < -0.39 is 11.2 Å². The predicted octanol–water partition coefficient (Wildman–Crippen LogP) is 1.22. The van der Waals surface area contributed by atoms with Crippen LogP contribution in [0, 0.1) is 13.8 Å². The highest BCUT2D eigenvalue weighted by molar-refractivity contribution is 7.99. The van der Waals surface area contributed by atoms with Crippen molar-refractivity contribution in [2.75, 3.05) is 23.7 Å². The van der Waals surface area contributed by atoms with Crippen molar-refractivity contribution in [3.05, 3.63) is 38.3 Å². The summed E-state index contributed by atoms with van der Waals surface area (Å²) in [5.41, 5.74) is 1.88. The Kier molecular flexibility index (Phi) is 4.96. The molecule has 0 unspecified atom stereocenters. The van der Waals surface area contributed by atoms with E-state index in [1.54, 1.807) is 18.8 Å². The molecule has 0 bridgehead atoms. The highest BCUT2D eigenvalue weighted by atomic mass is 32.2. The first-order chi connectivity index (χ1) is 13.4. The van der Waals surface area contributed by atoms with Gasteiger partial charge in [0, 0.05) is 43.8 Å². The van der Waals surface area contributed by atoms with Crippen LogP contribution >= 0.6 is 11.8 Å². The van der Waals surface area contributed by atoms with Crippen LogP contribution in [0.15, 0.2) is 20.8 Å². The van der Waals surface area contributed by atoms with Crippen molar-refractivity contribution >= 4 is 28.9 Å². The normalized spacial score (nSPS) is 14.3.